The number of aromatic amines is 1. The Labute approximate surface area is 114 Å². The van der Waals surface area contributed by atoms with E-state index in [9.17, 15) is 13.2 Å². The van der Waals surface area contributed by atoms with E-state index in [1.54, 1.807) is 19.1 Å². The van der Waals surface area contributed by atoms with Crippen LogP contribution >= 0.6 is 11.6 Å². The molecule has 0 aliphatic heterocycles. The molecule has 1 aromatic heterocycles. The first-order valence-corrected chi connectivity index (χ1v) is 5.99. The first kappa shape index (κ1) is 15.8. The van der Waals surface area contributed by atoms with Gasteiger partial charge >= 0.3 is 6.36 Å². The zero-order valence-corrected chi connectivity index (χ0v) is 11.3. The number of nitrogens with zero attached hydrogens (tertiary/aromatic N) is 1. The smallest absolute Gasteiger partial charge is 0.288 e. The fourth-order valence-electron chi connectivity index (χ4n) is 1.30. The highest BCUT2D eigenvalue weighted by atomic mass is 35.5. The number of rotatable bonds is 5. The summed E-state index contributed by atoms with van der Waals surface area (Å²) in [6.45, 7) is 3.05. The van der Waals surface area contributed by atoms with E-state index in [0.717, 1.165) is 5.69 Å². The molecule has 0 radical (unpaired) electrons. The molecule has 0 amide bonds. The van der Waals surface area contributed by atoms with Gasteiger partial charge in [-0.3, -0.25) is 9.84 Å². The molecular formula is C12H14ClF3N2O. The summed E-state index contributed by atoms with van der Waals surface area (Å²) < 4.78 is 39.5. The minimum absolute atomic E-state index is 0.487. The topological polar surface area (TPSA) is 37.9 Å². The van der Waals surface area contributed by atoms with Crippen LogP contribution < -0.4 is 0 Å². The summed E-state index contributed by atoms with van der Waals surface area (Å²) in [5.41, 5.74) is 1.81. The van der Waals surface area contributed by atoms with Crippen LogP contribution in [0.3, 0.4) is 0 Å². The fourth-order valence-corrected chi connectivity index (χ4v) is 1.42. The molecule has 0 unspecified atom stereocenters. The number of H-pyrrole nitrogens is 1. The van der Waals surface area contributed by atoms with Crippen LogP contribution in [0.4, 0.5) is 13.2 Å². The lowest BCUT2D eigenvalue weighted by molar-refractivity contribution is -0.319. The Morgan fingerprint density at radius 2 is 2.21 bits per heavy atom. The van der Waals surface area contributed by atoms with Gasteiger partial charge in [-0.1, -0.05) is 18.5 Å². The molecule has 3 nitrogen and oxygen atoms in total. The lowest BCUT2D eigenvalue weighted by Crippen LogP contribution is -2.13. The Balaban J connectivity index is 2.90. The predicted molar refractivity (Wildman–Crippen MR) is 67.5 cm³/mol. The number of halogens is 4. The van der Waals surface area contributed by atoms with Crippen LogP contribution in [0.15, 0.2) is 23.3 Å². The van der Waals surface area contributed by atoms with Gasteiger partial charge in [-0.2, -0.15) is 5.10 Å². The number of aromatic nitrogens is 2. The maximum atomic E-state index is 11.9. The van der Waals surface area contributed by atoms with E-state index in [1.165, 1.54) is 6.08 Å². The van der Waals surface area contributed by atoms with E-state index in [0.29, 0.717) is 22.7 Å². The van der Waals surface area contributed by atoms with Crippen LogP contribution in [0, 0.1) is 6.92 Å². The van der Waals surface area contributed by atoms with Crippen molar-refractivity contribution in [1.82, 2.24) is 10.2 Å². The van der Waals surface area contributed by atoms with Crippen molar-refractivity contribution in [3.8, 4) is 0 Å². The fraction of sp³-hybridized carbons (Fsp3) is 0.417. The van der Waals surface area contributed by atoms with E-state index in [1.807, 2.05) is 6.92 Å². The molecule has 0 fully saturated rings. The number of aryl methyl sites for hydroxylation is 1. The van der Waals surface area contributed by atoms with Crippen LogP contribution in [0.2, 0.25) is 0 Å². The van der Waals surface area contributed by atoms with Crippen molar-refractivity contribution in [2.45, 2.75) is 26.6 Å². The molecule has 0 aliphatic rings. The molecule has 0 aliphatic carbocycles. The molecule has 0 bridgehead atoms. The van der Waals surface area contributed by atoms with E-state index < -0.39 is 13.0 Å². The van der Waals surface area contributed by atoms with E-state index in [4.69, 9.17) is 11.6 Å². The normalized spacial score (nSPS) is 14.0. The molecule has 1 N–H and O–H groups in total. The Kier molecular flexibility index (Phi) is 5.62. The summed E-state index contributed by atoms with van der Waals surface area (Å²) in [4.78, 5) is 0. The summed E-state index contributed by atoms with van der Waals surface area (Å²) in [5.74, 6) is 0. The SMILES string of the molecule is CC/C(Cl)=C\C(=C/COC(F)(F)F)c1cc(C)[nH]n1. The second-order valence-corrected chi connectivity index (χ2v) is 4.28. The highest BCUT2D eigenvalue weighted by Gasteiger charge is 2.28. The average Bonchev–Trinajstić information content (AvgIpc) is 2.72. The number of nitrogens with one attached hydrogen (secondary N) is 1. The summed E-state index contributed by atoms with van der Waals surface area (Å²) >= 11 is 5.90. The van der Waals surface area contributed by atoms with Gasteiger partial charge in [0.2, 0.25) is 0 Å². The highest BCUT2D eigenvalue weighted by molar-refractivity contribution is 6.30. The molecule has 1 aromatic rings. The number of alkyl halides is 3. The monoisotopic (exact) mass is 294 g/mol. The van der Waals surface area contributed by atoms with Gasteiger partial charge in [-0.25, -0.2) is 0 Å². The minimum Gasteiger partial charge on any atom is -0.288 e. The summed E-state index contributed by atoms with van der Waals surface area (Å²) in [5, 5.41) is 7.23. The average molecular weight is 295 g/mol. The molecule has 7 heteroatoms. The van der Waals surface area contributed by atoms with Gasteiger partial charge < -0.3 is 0 Å². The van der Waals surface area contributed by atoms with Gasteiger partial charge in [0.15, 0.2) is 0 Å². The van der Waals surface area contributed by atoms with Gasteiger partial charge in [0.25, 0.3) is 0 Å². The van der Waals surface area contributed by atoms with Crippen molar-refractivity contribution in [1.29, 1.82) is 0 Å². The largest absolute Gasteiger partial charge is 0.522 e. The first-order valence-electron chi connectivity index (χ1n) is 5.61. The van der Waals surface area contributed by atoms with E-state index >= 15 is 0 Å². The third kappa shape index (κ3) is 5.94. The number of hydrogen-bond acceptors (Lipinski definition) is 2. The maximum absolute atomic E-state index is 11.9. The van der Waals surface area contributed by atoms with Crippen molar-refractivity contribution in [2.75, 3.05) is 6.61 Å². The van der Waals surface area contributed by atoms with Crippen LogP contribution in [0.1, 0.15) is 24.7 Å². The zero-order chi connectivity index (χ0) is 14.5. The Hall–Kier alpha value is -1.27. The third-order valence-electron chi connectivity index (χ3n) is 2.20. The molecule has 0 saturated carbocycles. The lowest BCUT2D eigenvalue weighted by atomic mass is 10.1. The number of ether oxygens (including phenoxy) is 1. The van der Waals surface area contributed by atoms with Crippen LogP contribution in [0.5, 0.6) is 0 Å². The molecule has 0 spiro atoms. The summed E-state index contributed by atoms with van der Waals surface area (Å²) in [6, 6.07) is 1.72. The second kappa shape index (κ2) is 6.77. The lowest BCUT2D eigenvalue weighted by Gasteiger charge is -2.05. The number of allylic oxidation sites excluding steroid dienone is 3. The first-order chi connectivity index (χ1) is 8.81. The van der Waals surface area contributed by atoms with Gasteiger partial charge in [-0.15, -0.1) is 13.2 Å². The minimum atomic E-state index is -4.65. The summed E-state index contributed by atoms with van der Waals surface area (Å²) in [6.07, 6.45) is -1.19. The molecule has 19 heavy (non-hydrogen) atoms. The molecule has 106 valence electrons. The van der Waals surface area contributed by atoms with Crippen molar-refractivity contribution < 1.29 is 17.9 Å². The summed E-state index contributed by atoms with van der Waals surface area (Å²) in [7, 11) is 0. The zero-order valence-electron chi connectivity index (χ0n) is 10.5. The van der Waals surface area contributed by atoms with Crippen molar-refractivity contribution >= 4 is 17.2 Å². The standard InChI is InChI=1S/C12H14ClF3N2O/c1-3-10(13)7-9(4-5-19-12(14,15)16)11-6-8(2)17-18-11/h4,6-7H,3,5H2,1-2H3,(H,17,18)/b9-4+,10-7+. The second-order valence-electron chi connectivity index (χ2n) is 3.80. The van der Waals surface area contributed by atoms with E-state index in [2.05, 4.69) is 14.9 Å². The van der Waals surface area contributed by atoms with Gasteiger partial charge in [0.05, 0.1) is 12.3 Å². The quantitative estimate of drug-likeness (QED) is 0.828. The molecule has 0 saturated heterocycles. The van der Waals surface area contributed by atoms with Gasteiger partial charge in [-0.05, 0) is 31.6 Å². The van der Waals surface area contributed by atoms with E-state index in [-0.39, 0.29) is 0 Å². The van der Waals surface area contributed by atoms with Crippen LogP contribution in [0.25, 0.3) is 5.57 Å². The molecule has 1 rings (SSSR count). The van der Waals surface area contributed by atoms with Crippen molar-refractivity contribution in [3.05, 3.63) is 34.6 Å². The molecule has 0 atom stereocenters. The Morgan fingerprint density at radius 3 is 2.68 bits per heavy atom. The van der Waals surface area contributed by atoms with Gasteiger partial charge in [0.1, 0.15) is 0 Å². The Morgan fingerprint density at radius 1 is 1.53 bits per heavy atom. The molecule has 1 heterocycles. The molecular weight excluding hydrogens is 281 g/mol. The third-order valence-corrected chi connectivity index (χ3v) is 2.58. The number of hydrogen-bond donors (Lipinski definition) is 1. The molecule has 0 aromatic carbocycles. The van der Waals surface area contributed by atoms with Crippen LogP contribution in [-0.4, -0.2) is 23.2 Å². The van der Waals surface area contributed by atoms with Crippen molar-refractivity contribution in [2.24, 2.45) is 0 Å². The highest BCUT2D eigenvalue weighted by Crippen LogP contribution is 2.21. The Bertz CT molecular complexity index is 478. The predicted octanol–water partition coefficient (Wildman–Crippen LogP) is 4.17. The van der Waals surface area contributed by atoms with Crippen LogP contribution in [-0.2, 0) is 4.74 Å². The van der Waals surface area contributed by atoms with Gasteiger partial charge in [0, 0.05) is 16.3 Å². The maximum Gasteiger partial charge on any atom is 0.522 e. The van der Waals surface area contributed by atoms with Crippen molar-refractivity contribution in [3.63, 3.8) is 0 Å².